The zero-order valence-corrected chi connectivity index (χ0v) is 20.0. The molecule has 1 aliphatic carbocycles. The number of amides is 1. The summed E-state index contributed by atoms with van der Waals surface area (Å²) in [5, 5.41) is 24.7. The van der Waals surface area contributed by atoms with Crippen molar-refractivity contribution in [2.45, 2.75) is 40.9 Å². The highest BCUT2D eigenvalue weighted by Gasteiger charge is 2.15. The molecular formula is C18H20ClN9OS3. The standard InChI is InChI=1S/C18H20ClN9OS3/c19-13-8-4-1-5-11(13)9-31-18-27-25-16(32-18)21-14(29)10-30-17-26-24-15(28(17)20)23-22-12-6-2-3-7-12/h1,4-5,8H,2-3,6-7,9-10,20H2,(H,23,24)(H,21,25,29). The summed E-state index contributed by atoms with van der Waals surface area (Å²) >= 11 is 10.2. The minimum absolute atomic E-state index is 0.103. The van der Waals surface area contributed by atoms with E-state index in [4.69, 9.17) is 17.4 Å². The summed E-state index contributed by atoms with van der Waals surface area (Å²) in [4.78, 5) is 12.3. The normalized spacial score (nSPS) is 13.3. The van der Waals surface area contributed by atoms with Gasteiger partial charge in [-0.05, 0) is 37.3 Å². The van der Waals surface area contributed by atoms with Crippen molar-refractivity contribution < 1.29 is 4.79 Å². The number of hydrogen-bond donors (Lipinski definition) is 3. The minimum Gasteiger partial charge on any atom is -0.334 e. The third-order valence-electron chi connectivity index (χ3n) is 4.45. The van der Waals surface area contributed by atoms with Crippen LogP contribution in [0.2, 0.25) is 5.02 Å². The van der Waals surface area contributed by atoms with Crippen LogP contribution in [0.3, 0.4) is 0 Å². The Balaban J connectivity index is 1.24. The lowest BCUT2D eigenvalue weighted by molar-refractivity contribution is -0.113. The molecule has 1 aliphatic rings. The molecule has 10 nitrogen and oxygen atoms in total. The van der Waals surface area contributed by atoms with Crippen LogP contribution in [-0.2, 0) is 10.5 Å². The van der Waals surface area contributed by atoms with Gasteiger partial charge in [-0.2, -0.15) is 5.10 Å². The van der Waals surface area contributed by atoms with Crippen molar-refractivity contribution in [2.24, 2.45) is 5.10 Å². The molecule has 0 spiro atoms. The van der Waals surface area contributed by atoms with Crippen LogP contribution in [0.1, 0.15) is 31.2 Å². The van der Waals surface area contributed by atoms with Gasteiger partial charge < -0.3 is 5.84 Å². The number of anilines is 2. The first-order valence-corrected chi connectivity index (χ1v) is 12.9. The maximum Gasteiger partial charge on any atom is 0.264 e. The van der Waals surface area contributed by atoms with Crippen LogP contribution in [0, 0.1) is 0 Å². The average Bonchev–Trinajstić information content (AvgIpc) is 3.53. The van der Waals surface area contributed by atoms with Gasteiger partial charge in [0, 0.05) is 16.5 Å². The van der Waals surface area contributed by atoms with Gasteiger partial charge in [0.1, 0.15) is 0 Å². The van der Waals surface area contributed by atoms with Crippen molar-refractivity contribution in [1.82, 2.24) is 25.1 Å². The van der Waals surface area contributed by atoms with Gasteiger partial charge in [0.15, 0.2) is 4.34 Å². The number of rotatable bonds is 9. The number of carbonyl (C=O) groups is 1. The van der Waals surface area contributed by atoms with Crippen molar-refractivity contribution >= 4 is 69.2 Å². The fourth-order valence-electron chi connectivity index (χ4n) is 2.83. The number of halogens is 1. The van der Waals surface area contributed by atoms with E-state index in [1.54, 1.807) is 0 Å². The Kier molecular flexibility index (Phi) is 7.84. The summed E-state index contributed by atoms with van der Waals surface area (Å²) in [6.07, 6.45) is 4.28. The number of carbonyl (C=O) groups excluding carboxylic acids is 1. The van der Waals surface area contributed by atoms with E-state index in [1.165, 1.54) is 39.5 Å². The summed E-state index contributed by atoms with van der Waals surface area (Å²) in [7, 11) is 0. The van der Waals surface area contributed by atoms with Gasteiger partial charge in [-0.25, -0.2) is 10.1 Å². The van der Waals surface area contributed by atoms with Crippen LogP contribution in [0.5, 0.6) is 0 Å². The molecule has 32 heavy (non-hydrogen) atoms. The maximum absolute atomic E-state index is 12.3. The van der Waals surface area contributed by atoms with Gasteiger partial charge in [0.2, 0.25) is 16.2 Å². The Morgan fingerprint density at radius 1 is 1.19 bits per heavy atom. The molecule has 14 heteroatoms. The van der Waals surface area contributed by atoms with Crippen molar-refractivity contribution in [1.29, 1.82) is 0 Å². The molecule has 0 saturated heterocycles. The number of benzene rings is 1. The molecular weight excluding hydrogens is 490 g/mol. The van der Waals surface area contributed by atoms with Crippen molar-refractivity contribution in [3.63, 3.8) is 0 Å². The largest absolute Gasteiger partial charge is 0.334 e. The third kappa shape index (κ3) is 6.12. The molecule has 2 heterocycles. The molecule has 168 valence electrons. The number of nitrogens with two attached hydrogens (primary N) is 1. The lowest BCUT2D eigenvalue weighted by atomic mass is 10.2. The lowest BCUT2D eigenvalue weighted by Crippen LogP contribution is -2.17. The van der Waals surface area contributed by atoms with Gasteiger partial charge in [-0.1, -0.05) is 64.7 Å². The molecule has 0 atom stereocenters. The van der Waals surface area contributed by atoms with E-state index < -0.39 is 0 Å². The molecule has 0 radical (unpaired) electrons. The molecule has 1 aromatic carbocycles. The molecule has 1 amide bonds. The first-order valence-electron chi connectivity index (χ1n) is 9.73. The highest BCUT2D eigenvalue weighted by atomic mass is 35.5. The van der Waals surface area contributed by atoms with Crippen LogP contribution in [-0.4, -0.2) is 42.4 Å². The van der Waals surface area contributed by atoms with E-state index in [0.717, 1.165) is 41.3 Å². The van der Waals surface area contributed by atoms with Crippen molar-refractivity contribution in [2.75, 3.05) is 22.3 Å². The van der Waals surface area contributed by atoms with Crippen LogP contribution in [0.15, 0.2) is 38.9 Å². The Hall–Kier alpha value is -2.35. The number of hydrogen-bond acceptors (Lipinski definition) is 11. The van der Waals surface area contributed by atoms with Crippen LogP contribution in [0.25, 0.3) is 0 Å². The molecule has 2 aromatic heterocycles. The molecule has 1 fully saturated rings. The van der Waals surface area contributed by atoms with E-state index in [9.17, 15) is 4.79 Å². The Bertz CT molecular complexity index is 1110. The third-order valence-corrected chi connectivity index (χ3v) is 7.79. The van der Waals surface area contributed by atoms with E-state index in [0.29, 0.717) is 27.0 Å². The minimum atomic E-state index is -0.238. The molecule has 3 aromatic rings. The Labute approximate surface area is 201 Å². The average molecular weight is 510 g/mol. The summed E-state index contributed by atoms with van der Waals surface area (Å²) < 4.78 is 2.03. The van der Waals surface area contributed by atoms with Gasteiger partial charge in [0.05, 0.1) is 5.75 Å². The number of aromatic nitrogens is 5. The first kappa shape index (κ1) is 22.8. The van der Waals surface area contributed by atoms with E-state index in [1.807, 2.05) is 24.3 Å². The second kappa shape index (κ2) is 11.0. The van der Waals surface area contributed by atoms with E-state index in [-0.39, 0.29) is 11.7 Å². The molecule has 4 N–H and O–H groups in total. The zero-order valence-electron chi connectivity index (χ0n) is 16.8. The van der Waals surface area contributed by atoms with Gasteiger partial charge in [0.25, 0.3) is 5.95 Å². The van der Waals surface area contributed by atoms with Gasteiger partial charge in [-0.15, -0.1) is 20.4 Å². The number of nitrogens with one attached hydrogen (secondary N) is 2. The lowest BCUT2D eigenvalue weighted by Gasteiger charge is -2.03. The number of nitrogens with zero attached hydrogens (tertiary/aromatic N) is 6. The van der Waals surface area contributed by atoms with Crippen molar-refractivity contribution in [3.8, 4) is 0 Å². The van der Waals surface area contributed by atoms with Crippen LogP contribution < -0.4 is 16.6 Å². The number of hydrazone groups is 1. The summed E-state index contributed by atoms with van der Waals surface area (Å²) in [6.45, 7) is 0. The molecule has 0 unspecified atom stereocenters. The fraction of sp³-hybridized carbons (Fsp3) is 0.333. The van der Waals surface area contributed by atoms with Crippen molar-refractivity contribution in [3.05, 3.63) is 34.9 Å². The fourth-order valence-corrected chi connectivity index (χ4v) is 5.55. The first-order chi connectivity index (χ1) is 15.6. The quantitative estimate of drug-likeness (QED) is 0.170. The zero-order chi connectivity index (χ0) is 22.3. The Morgan fingerprint density at radius 3 is 2.81 bits per heavy atom. The molecule has 1 saturated carbocycles. The second-order valence-electron chi connectivity index (χ2n) is 6.76. The topological polar surface area (TPSA) is 136 Å². The van der Waals surface area contributed by atoms with Gasteiger partial charge >= 0.3 is 0 Å². The number of nitrogen functional groups attached to an aromatic ring is 1. The summed E-state index contributed by atoms with van der Waals surface area (Å²) in [5.74, 6) is 6.86. The monoisotopic (exact) mass is 509 g/mol. The predicted molar refractivity (Wildman–Crippen MR) is 130 cm³/mol. The summed E-state index contributed by atoms with van der Waals surface area (Å²) in [6, 6.07) is 7.65. The van der Waals surface area contributed by atoms with Gasteiger partial charge in [-0.3, -0.25) is 10.1 Å². The number of thioether (sulfide) groups is 2. The SMILES string of the molecule is Nn1c(NN=C2CCCC2)nnc1SCC(=O)Nc1nnc(SCc2ccccc2Cl)s1. The predicted octanol–water partition coefficient (Wildman–Crippen LogP) is 3.86. The smallest absolute Gasteiger partial charge is 0.264 e. The summed E-state index contributed by atoms with van der Waals surface area (Å²) in [5.41, 5.74) is 4.96. The van der Waals surface area contributed by atoms with E-state index >= 15 is 0 Å². The molecule has 0 aliphatic heterocycles. The highest BCUT2D eigenvalue weighted by molar-refractivity contribution is 8.00. The molecule has 4 rings (SSSR count). The Morgan fingerprint density at radius 2 is 2.00 bits per heavy atom. The van der Waals surface area contributed by atoms with Crippen LogP contribution in [0.4, 0.5) is 11.1 Å². The van der Waals surface area contributed by atoms with E-state index in [2.05, 4.69) is 36.2 Å². The second-order valence-corrected chi connectivity index (χ2v) is 10.3. The molecule has 0 bridgehead atoms. The highest BCUT2D eigenvalue weighted by Crippen LogP contribution is 2.30. The maximum atomic E-state index is 12.3. The van der Waals surface area contributed by atoms with Crippen LogP contribution >= 0.6 is 46.5 Å².